The maximum atomic E-state index is 11.1. The topological polar surface area (TPSA) is 102 Å². The molecule has 17 heavy (non-hydrogen) atoms. The van der Waals surface area contributed by atoms with Gasteiger partial charge in [0.2, 0.25) is 0 Å². The van der Waals surface area contributed by atoms with E-state index in [9.17, 15) is 4.79 Å². The largest absolute Gasteiger partial charge is 0.462 e. The van der Waals surface area contributed by atoms with Crippen LogP contribution in [-0.4, -0.2) is 28.3 Å². The molecule has 0 saturated carbocycles. The van der Waals surface area contributed by atoms with Gasteiger partial charge in [-0.05, 0) is 5.53 Å². The Balaban J connectivity index is 1.99. The van der Waals surface area contributed by atoms with Gasteiger partial charge in [-0.25, -0.2) is 0 Å². The number of hydrogen-bond acceptors (Lipinski definition) is 5. The summed E-state index contributed by atoms with van der Waals surface area (Å²) in [5, 5.41) is 3.68. The van der Waals surface area contributed by atoms with Gasteiger partial charge >= 0.3 is 6.01 Å². The van der Waals surface area contributed by atoms with E-state index < -0.39 is 0 Å². The molecule has 0 aromatic carbocycles. The molecule has 88 valence electrons. The SMILES string of the molecule is [N-]=[N+]=N[C@H]1C[C@H]2O[C@@H]1COc1nc(=O)ccn12. The summed E-state index contributed by atoms with van der Waals surface area (Å²) >= 11 is 0. The standard InChI is InChI=1S/C9H9N5O3/c10-13-12-5-3-8-14-2-1-7(15)11-9(14)16-4-6(5)17-8/h1-2,5-6,8H,3-4H2/t5-,6+,8+/m0/s1. The smallest absolute Gasteiger partial charge is 0.301 e. The van der Waals surface area contributed by atoms with Gasteiger partial charge in [0.15, 0.2) is 0 Å². The minimum Gasteiger partial charge on any atom is -0.462 e. The summed E-state index contributed by atoms with van der Waals surface area (Å²) in [6, 6.07) is 1.36. The van der Waals surface area contributed by atoms with Crippen LogP contribution in [-0.2, 0) is 4.74 Å². The summed E-state index contributed by atoms with van der Waals surface area (Å²) in [6.45, 7) is 0.233. The zero-order chi connectivity index (χ0) is 11.8. The molecule has 2 aliphatic heterocycles. The van der Waals surface area contributed by atoms with Gasteiger partial charge in [0.1, 0.15) is 18.9 Å². The van der Waals surface area contributed by atoms with Crippen LogP contribution in [0.15, 0.2) is 22.2 Å². The highest BCUT2D eigenvalue weighted by molar-refractivity contribution is 5.05. The van der Waals surface area contributed by atoms with Crippen molar-refractivity contribution in [1.29, 1.82) is 0 Å². The van der Waals surface area contributed by atoms with Crippen LogP contribution in [0.5, 0.6) is 6.01 Å². The highest BCUT2D eigenvalue weighted by atomic mass is 16.6. The molecule has 1 saturated heterocycles. The Bertz CT molecular complexity index is 550. The Hall–Kier alpha value is -2.05. The van der Waals surface area contributed by atoms with E-state index in [4.69, 9.17) is 15.0 Å². The summed E-state index contributed by atoms with van der Waals surface area (Å²) in [4.78, 5) is 17.7. The van der Waals surface area contributed by atoms with Crippen molar-refractivity contribution in [2.75, 3.05) is 6.61 Å². The summed E-state index contributed by atoms with van der Waals surface area (Å²) in [7, 11) is 0. The summed E-state index contributed by atoms with van der Waals surface area (Å²) in [5.74, 6) is 0. The molecule has 0 aliphatic carbocycles. The molecular formula is C9H9N5O3. The molecular weight excluding hydrogens is 226 g/mol. The van der Waals surface area contributed by atoms with Crippen molar-refractivity contribution in [1.82, 2.24) is 9.55 Å². The van der Waals surface area contributed by atoms with Crippen LogP contribution in [0.25, 0.3) is 10.4 Å². The molecule has 3 heterocycles. The Labute approximate surface area is 95.4 Å². The van der Waals surface area contributed by atoms with E-state index in [-0.39, 0.29) is 36.6 Å². The Morgan fingerprint density at radius 1 is 1.65 bits per heavy atom. The van der Waals surface area contributed by atoms with Gasteiger partial charge in [-0.3, -0.25) is 9.36 Å². The fourth-order valence-electron chi connectivity index (χ4n) is 2.10. The molecule has 0 unspecified atom stereocenters. The van der Waals surface area contributed by atoms with Crippen LogP contribution in [0.1, 0.15) is 12.6 Å². The first-order chi connectivity index (χ1) is 8.28. The molecule has 0 radical (unpaired) electrons. The van der Waals surface area contributed by atoms with Crippen LogP contribution >= 0.6 is 0 Å². The molecule has 8 heteroatoms. The second kappa shape index (κ2) is 3.76. The van der Waals surface area contributed by atoms with E-state index in [0.717, 1.165) is 0 Å². The van der Waals surface area contributed by atoms with E-state index >= 15 is 0 Å². The number of fused-ring (bicyclic) bond motifs is 4. The highest BCUT2D eigenvalue weighted by Crippen LogP contribution is 2.35. The third-order valence-corrected chi connectivity index (χ3v) is 2.90. The average Bonchev–Trinajstić information content (AvgIpc) is 2.60. The third kappa shape index (κ3) is 1.63. The molecule has 1 aromatic rings. The molecule has 1 fully saturated rings. The quantitative estimate of drug-likeness (QED) is 0.404. The van der Waals surface area contributed by atoms with E-state index in [1.165, 1.54) is 6.07 Å². The Kier molecular flexibility index (Phi) is 2.24. The van der Waals surface area contributed by atoms with Gasteiger partial charge in [0, 0.05) is 23.6 Å². The van der Waals surface area contributed by atoms with E-state index in [1.807, 2.05) is 0 Å². The zero-order valence-electron chi connectivity index (χ0n) is 8.76. The van der Waals surface area contributed by atoms with E-state index in [0.29, 0.717) is 6.42 Å². The lowest BCUT2D eigenvalue weighted by Gasteiger charge is -2.16. The van der Waals surface area contributed by atoms with Gasteiger partial charge in [0.05, 0.1) is 6.04 Å². The van der Waals surface area contributed by atoms with Crippen molar-refractivity contribution in [3.8, 4) is 6.01 Å². The molecule has 2 aliphatic rings. The lowest BCUT2D eigenvalue weighted by atomic mass is 10.1. The van der Waals surface area contributed by atoms with E-state index in [1.54, 1.807) is 10.8 Å². The molecule has 1 aromatic heterocycles. The third-order valence-electron chi connectivity index (χ3n) is 2.90. The number of aromatic nitrogens is 2. The summed E-state index contributed by atoms with van der Waals surface area (Å²) in [5.41, 5.74) is 8.10. The van der Waals surface area contributed by atoms with Crippen molar-refractivity contribution in [3.05, 3.63) is 33.1 Å². The molecule has 8 nitrogen and oxygen atoms in total. The highest BCUT2D eigenvalue weighted by Gasteiger charge is 2.39. The number of hydrogen-bond donors (Lipinski definition) is 0. The predicted molar refractivity (Wildman–Crippen MR) is 55.5 cm³/mol. The van der Waals surface area contributed by atoms with Gasteiger partial charge in [-0.15, -0.1) is 0 Å². The molecule has 3 atom stereocenters. The zero-order valence-corrected chi connectivity index (χ0v) is 8.76. The van der Waals surface area contributed by atoms with Crippen LogP contribution < -0.4 is 10.3 Å². The maximum absolute atomic E-state index is 11.1. The van der Waals surface area contributed by atoms with Crippen molar-refractivity contribution < 1.29 is 9.47 Å². The summed E-state index contributed by atoms with van der Waals surface area (Å²) < 4.78 is 12.7. The van der Waals surface area contributed by atoms with Crippen LogP contribution in [0, 0.1) is 0 Å². The number of ether oxygens (including phenoxy) is 2. The number of azide groups is 1. The van der Waals surface area contributed by atoms with Crippen LogP contribution in [0.2, 0.25) is 0 Å². The average molecular weight is 235 g/mol. The Morgan fingerprint density at radius 2 is 2.53 bits per heavy atom. The Morgan fingerprint density at radius 3 is 3.35 bits per heavy atom. The van der Waals surface area contributed by atoms with E-state index in [2.05, 4.69) is 15.0 Å². The van der Waals surface area contributed by atoms with Crippen molar-refractivity contribution in [2.24, 2.45) is 5.11 Å². The van der Waals surface area contributed by atoms with Gasteiger partial charge < -0.3 is 9.47 Å². The monoisotopic (exact) mass is 235 g/mol. The van der Waals surface area contributed by atoms with Gasteiger partial charge in [0.25, 0.3) is 5.56 Å². The van der Waals surface area contributed by atoms with Crippen LogP contribution in [0.4, 0.5) is 0 Å². The molecule has 3 rings (SSSR count). The predicted octanol–water partition coefficient (Wildman–Crippen LogP) is 0.602. The van der Waals surface area contributed by atoms with Crippen molar-refractivity contribution in [3.63, 3.8) is 0 Å². The minimum absolute atomic E-state index is 0.233. The molecule has 0 N–H and O–H groups in total. The number of rotatable bonds is 1. The van der Waals surface area contributed by atoms with Crippen molar-refractivity contribution >= 4 is 0 Å². The molecule has 2 bridgehead atoms. The maximum Gasteiger partial charge on any atom is 0.301 e. The van der Waals surface area contributed by atoms with Crippen LogP contribution in [0.3, 0.4) is 0 Å². The lowest BCUT2D eigenvalue weighted by molar-refractivity contribution is 0.00192. The number of nitrogens with zero attached hydrogens (tertiary/aromatic N) is 5. The fraction of sp³-hybridized carbons (Fsp3) is 0.556. The van der Waals surface area contributed by atoms with Gasteiger partial charge in [-0.2, -0.15) is 4.98 Å². The lowest BCUT2D eigenvalue weighted by Crippen LogP contribution is -2.27. The van der Waals surface area contributed by atoms with Gasteiger partial charge in [-0.1, -0.05) is 5.11 Å². The first kappa shape index (κ1) is 10.1. The first-order valence-corrected chi connectivity index (χ1v) is 5.19. The minimum atomic E-state index is -0.347. The first-order valence-electron chi connectivity index (χ1n) is 5.19. The normalized spacial score (nSPS) is 29.8. The fourth-order valence-corrected chi connectivity index (χ4v) is 2.10. The van der Waals surface area contributed by atoms with Crippen molar-refractivity contribution in [2.45, 2.75) is 24.8 Å². The second-order valence-electron chi connectivity index (χ2n) is 3.90. The molecule has 0 spiro atoms. The summed E-state index contributed by atoms with van der Waals surface area (Å²) in [6.07, 6.45) is 1.57. The second-order valence-corrected chi connectivity index (χ2v) is 3.90. The molecule has 0 amide bonds.